The van der Waals surface area contributed by atoms with E-state index >= 15 is 0 Å². The maximum absolute atomic E-state index is 14.3. The van der Waals surface area contributed by atoms with Gasteiger partial charge in [-0.2, -0.15) is 0 Å². The van der Waals surface area contributed by atoms with Gasteiger partial charge in [-0.05, 0) is 205 Å². The summed E-state index contributed by atoms with van der Waals surface area (Å²) in [6.07, 6.45) is 16.3. The Hall–Kier alpha value is -9.23. The Morgan fingerprint density at radius 1 is 0.482 bits per heavy atom. The molecule has 3 atom stereocenters. The van der Waals surface area contributed by atoms with Crippen molar-refractivity contribution in [3.63, 3.8) is 0 Å². The number of aromatic carboxylic acids is 1. The molecular formula is C79H85Cl6F3N14O10. The topological polar surface area (TPSA) is 310 Å². The second-order valence-corrected chi connectivity index (χ2v) is 27.8. The number of carbonyl (C=O) groups excluding carboxylic acids is 3. The van der Waals surface area contributed by atoms with Crippen molar-refractivity contribution in [1.82, 2.24) is 35.2 Å². The number of piperidine rings is 1. The molecular weight excluding hydrogens is 1570 g/mol. The second-order valence-electron chi connectivity index (χ2n) is 26.5. The number of benzene rings is 6. The number of aryl methyl sites for hydroxylation is 3. The van der Waals surface area contributed by atoms with Crippen LogP contribution >= 0.6 is 72.0 Å². The number of halogens is 9. The molecule has 0 aliphatic carbocycles. The van der Waals surface area contributed by atoms with Crippen molar-refractivity contribution in [2.24, 2.45) is 0 Å². The van der Waals surface area contributed by atoms with Crippen LogP contribution in [0.2, 0.25) is 15.1 Å². The summed E-state index contributed by atoms with van der Waals surface area (Å²) in [5.41, 5.74) is 6.18. The van der Waals surface area contributed by atoms with Gasteiger partial charge in [0.05, 0.1) is 97.4 Å². The molecule has 33 heteroatoms. The van der Waals surface area contributed by atoms with Crippen LogP contribution in [-0.4, -0.2) is 141 Å². The Morgan fingerprint density at radius 3 is 1.22 bits per heavy atom. The molecule has 0 radical (unpaired) electrons. The van der Waals surface area contributed by atoms with E-state index in [0.29, 0.717) is 72.9 Å². The number of anilines is 10. The van der Waals surface area contributed by atoms with Crippen molar-refractivity contribution in [2.75, 3.05) is 96.0 Å². The number of para-hydroxylation sites is 3. The Labute approximate surface area is 679 Å². The van der Waals surface area contributed by atoms with E-state index in [0.717, 1.165) is 134 Å². The van der Waals surface area contributed by atoms with Crippen LogP contribution in [0.25, 0.3) is 0 Å². The molecule has 9 N–H and O–H groups in total. The van der Waals surface area contributed by atoms with Gasteiger partial charge in [-0.1, -0.05) is 65.1 Å². The number of aromatic hydroxyl groups is 1. The normalized spacial score (nSPS) is 16.5. The van der Waals surface area contributed by atoms with E-state index in [1.165, 1.54) is 97.0 Å². The maximum atomic E-state index is 14.3. The number of carbonyl (C=O) groups is 4. The Kier molecular flexibility index (Phi) is 33.0. The minimum Gasteiger partial charge on any atom is -0.507 e. The third-order valence-electron chi connectivity index (χ3n) is 19.1. The number of carboxylic acid groups (broad SMARTS) is 1. The number of aromatic nitrogens is 6. The first-order valence-corrected chi connectivity index (χ1v) is 37.4. The van der Waals surface area contributed by atoms with Gasteiger partial charge in [-0.25, -0.2) is 47.9 Å². The van der Waals surface area contributed by atoms with Gasteiger partial charge < -0.3 is 71.3 Å². The molecule has 5 fully saturated rings. The lowest BCUT2D eigenvalue weighted by atomic mass is 9.90. The fourth-order valence-electron chi connectivity index (χ4n) is 13.2. The summed E-state index contributed by atoms with van der Waals surface area (Å²) < 4.78 is 65.3. The SMILES string of the molecule is Cl.Cl.Cl.O=C(Nc1c(F)cccc1Cl)c1cnc(Nc2ccc(C3CCNCC3)cc2)nc1CCC1CCCO1.O=C(Nc1c(F)cccc1Cl)c1cnc(Nc2ccc(N3CCOCC3)cc2)nc1CCC1CCCO1.O=C(O)c1cc(Nc2ncc(C(=O)Nc3c(F)cccc3Cl)c(CCC3CCCO3)n2)ccc1O. The van der Waals surface area contributed by atoms with Crippen molar-refractivity contribution in [2.45, 2.75) is 114 Å². The summed E-state index contributed by atoms with van der Waals surface area (Å²) in [4.78, 5) is 79.5. The number of ether oxygens (including phenoxy) is 4. The van der Waals surface area contributed by atoms with Crippen molar-refractivity contribution in [3.05, 3.63) is 217 Å². The van der Waals surface area contributed by atoms with Crippen molar-refractivity contribution < 1.29 is 61.5 Å². The predicted molar refractivity (Wildman–Crippen MR) is 433 cm³/mol. The smallest absolute Gasteiger partial charge is 0.339 e. The van der Waals surface area contributed by atoms with Gasteiger partial charge in [-0.3, -0.25) is 14.4 Å². The van der Waals surface area contributed by atoms with Gasteiger partial charge in [0.15, 0.2) is 0 Å². The molecule has 594 valence electrons. The number of carboxylic acids is 1. The first-order chi connectivity index (χ1) is 52.9. The third kappa shape index (κ3) is 23.9. The van der Waals surface area contributed by atoms with E-state index in [2.05, 4.69) is 84.2 Å². The zero-order chi connectivity index (χ0) is 76.2. The molecule has 0 saturated carbocycles. The van der Waals surface area contributed by atoms with E-state index in [-0.39, 0.29) is 122 Å². The number of rotatable bonds is 24. The highest BCUT2D eigenvalue weighted by Crippen LogP contribution is 2.34. The van der Waals surface area contributed by atoms with E-state index in [1.54, 1.807) is 0 Å². The van der Waals surface area contributed by atoms with E-state index < -0.39 is 41.1 Å². The molecule has 0 spiro atoms. The van der Waals surface area contributed by atoms with Gasteiger partial charge in [0.2, 0.25) is 17.8 Å². The highest BCUT2D eigenvalue weighted by Gasteiger charge is 2.27. The minimum absolute atomic E-state index is 0. The van der Waals surface area contributed by atoms with Crippen LogP contribution in [0, 0.1) is 17.5 Å². The van der Waals surface area contributed by atoms with Gasteiger partial charge in [0, 0.05) is 74.3 Å². The average Bonchev–Trinajstić information content (AvgIpc) is 1.45. The molecule has 6 aromatic carbocycles. The number of hydrogen-bond acceptors (Lipinski definition) is 20. The number of nitrogens with zero attached hydrogens (tertiary/aromatic N) is 7. The standard InChI is InChI=1S/C28H31ClFN5O2.C27H29ClFN5O3.C24H22ClFN4O5.3ClH/c29-23-4-1-5-24(30)26(23)35-27(36)22-17-32-28(34-25(22)11-10-21-3-2-16-37-21)33-20-8-6-18(7-9-20)19-12-14-31-15-13-19;28-22-4-1-5-23(29)25(22)33-26(35)21-17-30-27(32-24(21)11-10-20-3-2-14-37-20)31-18-6-8-19(9-7-18)34-12-15-36-16-13-34;25-17-4-1-5-18(26)21(17)30-22(32)16-12-27-24(29-19(16)8-7-14-3-2-10-35-14)28-13-6-9-20(31)15(11-13)23(33)34;;;/h1,4-9,17,19,21,31H,2-3,10-16H2,(H,35,36)(H,32,33,34);1,4-9,17,20H,2-3,10-16H2,(H,33,35)(H,30,31,32);1,4-6,9,11-12,14,31H,2-3,7-8,10H2,(H,30,32)(H,33,34)(H,27,28,29);3*1H. The average molecular weight is 1660 g/mol. The summed E-state index contributed by atoms with van der Waals surface area (Å²) in [5, 5.41) is 39.7. The molecule has 112 heavy (non-hydrogen) atoms. The first kappa shape index (κ1) is 86.7. The zero-order valence-corrected chi connectivity index (χ0v) is 65.4. The molecule has 5 aliphatic rings. The lowest BCUT2D eigenvalue weighted by Crippen LogP contribution is -2.36. The van der Waals surface area contributed by atoms with E-state index in [4.69, 9.17) is 53.8 Å². The fraction of sp³-hybridized carbons (Fsp3) is 0.342. The summed E-state index contributed by atoms with van der Waals surface area (Å²) in [5.74, 6) is -3.72. The number of phenols is 1. The minimum atomic E-state index is -1.29. The maximum Gasteiger partial charge on any atom is 0.339 e. The first-order valence-electron chi connectivity index (χ1n) is 36.2. The van der Waals surface area contributed by atoms with Gasteiger partial charge in [0.1, 0.15) is 28.8 Å². The van der Waals surface area contributed by atoms with Gasteiger partial charge in [-0.15, -0.1) is 37.2 Å². The molecule has 8 heterocycles. The Morgan fingerprint density at radius 2 is 0.857 bits per heavy atom. The van der Waals surface area contributed by atoms with Crippen molar-refractivity contribution in [1.29, 1.82) is 0 Å². The zero-order valence-electron chi connectivity index (χ0n) is 60.6. The monoisotopic (exact) mass is 1660 g/mol. The van der Waals surface area contributed by atoms with Crippen LogP contribution in [0.1, 0.15) is 141 Å². The second kappa shape index (κ2) is 42.6. The molecule has 3 amide bonds. The third-order valence-corrected chi connectivity index (χ3v) is 20.0. The molecule has 5 saturated heterocycles. The highest BCUT2D eigenvalue weighted by atomic mass is 35.5. The molecule has 3 aromatic heterocycles. The number of nitrogens with one attached hydrogen (secondary N) is 7. The van der Waals surface area contributed by atoms with Crippen LogP contribution in [0.15, 0.2) is 140 Å². The molecule has 0 bridgehead atoms. The largest absolute Gasteiger partial charge is 0.507 e. The van der Waals surface area contributed by atoms with Gasteiger partial charge >= 0.3 is 5.97 Å². The molecule has 24 nitrogen and oxygen atoms in total. The van der Waals surface area contributed by atoms with Gasteiger partial charge in [0.25, 0.3) is 17.7 Å². The van der Waals surface area contributed by atoms with Crippen molar-refractivity contribution in [3.8, 4) is 5.75 Å². The molecule has 9 aromatic rings. The van der Waals surface area contributed by atoms with E-state index in [1.807, 2.05) is 36.4 Å². The quantitative estimate of drug-likeness (QED) is 0.0254. The van der Waals surface area contributed by atoms with E-state index in [9.17, 15) is 42.6 Å². The summed E-state index contributed by atoms with van der Waals surface area (Å²) >= 11 is 18.2. The van der Waals surface area contributed by atoms with Crippen LogP contribution < -0.4 is 42.1 Å². The Balaban J connectivity index is 0.000000190. The van der Waals surface area contributed by atoms with Crippen LogP contribution in [0.5, 0.6) is 5.75 Å². The lowest BCUT2D eigenvalue weighted by molar-refractivity contribution is 0.0692. The molecule has 14 rings (SSSR count). The van der Waals surface area contributed by atoms with Crippen LogP contribution in [0.4, 0.5) is 70.8 Å². The molecule has 5 aliphatic heterocycles. The molecule has 3 unspecified atom stereocenters. The van der Waals surface area contributed by atoms with Crippen molar-refractivity contribution >= 4 is 153 Å². The predicted octanol–water partition coefficient (Wildman–Crippen LogP) is 17.1. The Bertz CT molecular complexity index is 4410. The van der Waals surface area contributed by atoms with Crippen LogP contribution in [0.3, 0.4) is 0 Å². The lowest BCUT2D eigenvalue weighted by Gasteiger charge is -2.28. The number of hydrogen-bond donors (Lipinski definition) is 9. The summed E-state index contributed by atoms with van der Waals surface area (Å²) in [6.45, 7) is 7.49. The number of amides is 3. The highest BCUT2D eigenvalue weighted by molar-refractivity contribution is 6.35. The fourth-order valence-corrected chi connectivity index (χ4v) is 13.9. The number of morpholine rings is 1. The summed E-state index contributed by atoms with van der Waals surface area (Å²) in [7, 11) is 0. The van der Waals surface area contributed by atoms with Crippen LogP contribution in [-0.2, 0) is 38.2 Å². The summed E-state index contributed by atoms with van der Waals surface area (Å²) in [6, 6.07) is 33.0.